The summed E-state index contributed by atoms with van der Waals surface area (Å²) in [7, 11) is 0. The van der Waals surface area contributed by atoms with Crippen LogP contribution in [0.5, 0.6) is 0 Å². The van der Waals surface area contributed by atoms with Crippen LogP contribution in [0.15, 0.2) is 18.2 Å². The number of Topliss-reactive ketones (excluding diaryl/α,β-unsaturated/α-hetero) is 1. The Labute approximate surface area is 93.0 Å². The third-order valence-corrected chi connectivity index (χ3v) is 2.70. The van der Waals surface area contributed by atoms with Gasteiger partial charge in [0.05, 0.1) is 16.1 Å². The fourth-order valence-electron chi connectivity index (χ4n) is 1.06. The van der Waals surface area contributed by atoms with E-state index in [0.29, 0.717) is 16.5 Å². The topological polar surface area (TPSA) is 43.1 Å². The van der Waals surface area contributed by atoms with Crippen LogP contribution in [-0.4, -0.2) is 11.8 Å². The van der Waals surface area contributed by atoms with Crippen molar-refractivity contribution in [1.82, 2.24) is 0 Å². The molecule has 0 aliphatic carbocycles. The van der Waals surface area contributed by atoms with Crippen LogP contribution in [0.2, 0.25) is 10.0 Å². The van der Waals surface area contributed by atoms with Crippen molar-refractivity contribution in [3.8, 4) is 0 Å². The van der Waals surface area contributed by atoms with E-state index in [1.807, 2.05) is 6.07 Å². The summed E-state index contributed by atoms with van der Waals surface area (Å²) in [4.78, 5) is 10.9. The van der Waals surface area contributed by atoms with E-state index in [0.717, 1.165) is 5.56 Å². The van der Waals surface area contributed by atoms with Crippen molar-refractivity contribution in [2.75, 3.05) is 0 Å². The summed E-state index contributed by atoms with van der Waals surface area (Å²) in [5.41, 5.74) is 6.53. The highest BCUT2D eigenvalue weighted by Gasteiger charge is 2.09. The summed E-state index contributed by atoms with van der Waals surface area (Å²) >= 11 is 11.6. The van der Waals surface area contributed by atoms with Crippen molar-refractivity contribution in [3.63, 3.8) is 0 Å². The third kappa shape index (κ3) is 2.98. The van der Waals surface area contributed by atoms with Gasteiger partial charge in [-0.15, -0.1) is 0 Å². The summed E-state index contributed by atoms with van der Waals surface area (Å²) in [5, 5.41) is 0.992. The van der Waals surface area contributed by atoms with Crippen molar-refractivity contribution in [2.45, 2.75) is 19.4 Å². The Hall–Kier alpha value is -0.570. The molecule has 0 saturated heterocycles. The van der Waals surface area contributed by atoms with Crippen molar-refractivity contribution in [2.24, 2.45) is 5.73 Å². The zero-order chi connectivity index (χ0) is 10.7. The standard InChI is InChI=1S/C10H11Cl2NO/c1-6(14)10(13)5-7-2-3-8(11)9(12)4-7/h2-4,10H,5,13H2,1H3/t10-/m1/s1. The van der Waals surface area contributed by atoms with Gasteiger partial charge < -0.3 is 5.73 Å². The third-order valence-electron chi connectivity index (χ3n) is 1.96. The second kappa shape index (κ2) is 4.78. The Kier molecular flexibility index (Phi) is 3.93. The number of hydrogen-bond acceptors (Lipinski definition) is 2. The van der Waals surface area contributed by atoms with E-state index < -0.39 is 6.04 Å². The number of carbonyl (C=O) groups excluding carboxylic acids is 1. The summed E-state index contributed by atoms with van der Waals surface area (Å²) in [5.74, 6) is -0.0314. The van der Waals surface area contributed by atoms with Crippen molar-refractivity contribution >= 4 is 29.0 Å². The van der Waals surface area contributed by atoms with Gasteiger partial charge in [-0.25, -0.2) is 0 Å². The fourth-order valence-corrected chi connectivity index (χ4v) is 1.38. The van der Waals surface area contributed by atoms with Crippen LogP contribution in [0.3, 0.4) is 0 Å². The van der Waals surface area contributed by atoms with Gasteiger partial charge in [-0.1, -0.05) is 29.3 Å². The Morgan fingerprint density at radius 1 is 1.43 bits per heavy atom. The lowest BCUT2D eigenvalue weighted by Gasteiger charge is -2.08. The van der Waals surface area contributed by atoms with Gasteiger partial charge >= 0.3 is 0 Å². The molecule has 0 heterocycles. The van der Waals surface area contributed by atoms with Gasteiger partial charge in [0, 0.05) is 0 Å². The SMILES string of the molecule is CC(=O)[C@H](N)Cc1ccc(Cl)c(Cl)c1. The predicted octanol–water partition coefficient (Wildman–Crippen LogP) is 2.45. The van der Waals surface area contributed by atoms with E-state index >= 15 is 0 Å². The first kappa shape index (κ1) is 11.5. The van der Waals surface area contributed by atoms with E-state index in [9.17, 15) is 4.79 Å². The first-order chi connectivity index (χ1) is 6.50. The van der Waals surface area contributed by atoms with Crippen LogP contribution in [0.1, 0.15) is 12.5 Å². The Morgan fingerprint density at radius 2 is 2.07 bits per heavy atom. The molecule has 0 bridgehead atoms. The van der Waals surface area contributed by atoms with Gasteiger partial charge in [0.25, 0.3) is 0 Å². The normalized spacial score (nSPS) is 12.6. The first-order valence-electron chi connectivity index (χ1n) is 4.20. The van der Waals surface area contributed by atoms with Gasteiger partial charge in [0.15, 0.2) is 0 Å². The smallest absolute Gasteiger partial charge is 0.146 e. The Bertz CT molecular complexity index is 352. The number of carbonyl (C=O) groups is 1. The molecule has 4 heteroatoms. The predicted molar refractivity (Wildman–Crippen MR) is 58.8 cm³/mol. The molecule has 14 heavy (non-hydrogen) atoms. The second-order valence-electron chi connectivity index (χ2n) is 3.17. The Morgan fingerprint density at radius 3 is 2.57 bits per heavy atom. The van der Waals surface area contributed by atoms with Crippen LogP contribution >= 0.6 is 23.2 Å². The average molecular weight is 232 g/mol. The molecule has 0 unspecified atom stereocenters. The molecule has 76 valence electrons. The molecule has 0 fully saturated rings. The number of halogens is 2. The molecule has 1 rings (SSSR count). The molecule has 0 radical (unpaired) electrons. The van der Waals surface area contributed by atoms with E-state index in [4.69, 9.17) is 28.9 Å². The van der Waals surface area contributed by atoms with E-state index in [1.54, 1.807) is 12.1 Å². The minimum atomic E-state index is -0.466. The largest absolute Gasteiger partial charge is 0.321 e. The summed E-state index contributed by atoms with van der Waals surface area (Å²) in [6.45, 7) is 1.47. The molecule has 0 saturated carbocycles. The molecule has 1 aromatic carbocycles. The lowest BCUT2D eigenvalue weighted by atomic mass is 10.0. The molecule has 0 aliphatic heterocycles. The van der Waals surface area contributed by atoms with Gasteiger partial charge in [-0.3, -0.25) is 4.79 Å². The molecule has 0 aliphatic rings. The van der Waals surface area contributed by atoms with Gasteiger partial charge in [-0.05, 0) is 31.0 Å². The molecule has 2 nitrogen and oxygen atoms in total. The maximum atomic E-state index is 10.9. The molecule has 2 N–H and O–H groups in total. The zero-order valence-electron chi connectivity index (χ0n) is 7.76. The summed E-state index contributed by atoms with van der Waals surface area (Å²) in [6, 6.07) is 4.78. The van der Waals surface area contributed by atoms with Crippen LogP contribution in [-0.2, 0) is 11.2 Å². The molecule has 0 aromatic heterocycles. The highest BCUT2D eigenvalue weighted by molar-refractivity contribution is 6.42. The highest BCUT2D eigenvalue weighted by Crippen LogP contribution is 2.22. The van der Waals surface area contributed by atoms with Gasteiger partial charge in [0.1, 0.15) is 5.78 Å². The highest BCUT2D eigenvalue weighted by atomic mass is 35.5. The quantitative estimate of drug-likeness (QED) is 0.869. The minimum Gasteiger partial charge on any atom is -0.321 e. The van der Waals surface area contributed by atoms with E-state index in [1.165, 1.54) is 6.92 Å². The van der Waals surface area contributed by atoms with Crippen molar-refractivity contribution in [3.05, 3.63) is 33.8 Å². The number of rotatable bonds is 3. The van der Waals surface area contributed by atoms with E-state index in [2.05, 4.69) is 0 Å². The zero-order valence-corrected chi connectivity index (χ0v) is 9.27. The second-order valence-corrected chi connectivity index (χ2v) is 3.98. The van der Waals surface area contributed by atoms with Crippen LogP contribution in [0.25, 0.3) is 0 Å². The minimum absolute atomic E-state index is 0.0314. The first-order valence-corrected chi connectivity index (χ1v) is 4.96. The molecule has 1 atom stereocenters. The average Bonchev–Trinajstić information content (AvgIpc) is 2.11. The lowest BCUT2D eigenvalue weighted by molar-refractivity contribution is -0.118. The Balaban J connectivity index is 2.78. The van der Waals surface area contributed by atoms with Crippen molar-refractivity contribution < 1.29 is 4.79 Å². The maximum Gasteiger partial charge on any atom is 0.146 e. The fraction of sp³-hybridized carbons (Fsp3) is 0.300. The summed E-state index contributed by atoms with van der Waals surface area (Å²) < 4.78 is 0. The monoisotopic (exact) mass is 231 g/mol. The molecule has 0 amide bonds. The molecular formula is C10H11Cl2NO. The lowest BCUT2D eigenvalue weighted by Crippen LogP contribution is -2.30. The van der Waals surface area contributed by atoms with Crippen molar-refractivity contribution in [1.29, 1.82) is 0 Å². The number of nitrogens with two attached hydrogens (primary N) is 1. The number of ketones is 1. The number of benzene rings is 1. The van der Waals surface area contributed by atoms with E-state index in [-0.39, 0.29) is 5.78 Å². The molecular weight excluding hydrogens is 221 g/mol. The van der Waals surface area contributed by atoms with Gasteiger partial charge in [-0.2, -0.15) is 0 Å². The maximum absolute atomic E-state index is 10.9. The van der Waals surface area contributed by atoms with Crippen LogP contribution in [0.4, 0.5) is 0 Å². The van der Waals surface area contributed by atoms with Gasteiger partial charge in [0.2, 0.25) is 0 Å². The molecule has 1 aromatic rings. The molecule has 0 spiro atoms. The van der Waals surface area contributed by atoms with Crippen LogP contribution < -0.4 is 5.73 Å². The number of hydrogen-bond donors (Lipinski definition) is 1. The van der Waals surface area contributed by atoms with Crippen LogP contribution in [0, 0.1) is 0 Å². The summed E-state index contributed by atoms with van der Waals surface area (Å²) in [6.07, 6.45) is 0.492.